The second kappa shape index (κ2) is 8.89. The van der Waals surface area contributed by atoms with Gasteiger partial charge in [-0.15, -0.1) is 5.46 Å². The summed E-state index contributed by atoms with van der Waals surface area (Å²) >= 11 is 0. The first-order chi connectivity index (χ1) is 9.29. The predicted octanol–water partition coefficient (Wildman–Crippen LogP) is -1.51. The molecule has 21 heavy (non-hydrogen) atoms. The van der Waals surface area contributed by atoms with Crippen LogP contribution in [-0.4, -0.2) is 37.1 Å². The minimum Gasteiger partial charge on any atom is -0.461 e. The van der Waals surface area contributed by atoms with Gasteiger partial charge in [0.25, 0.3) is 0 Å². The van der Waals surface area contributed by atoms with Gasteiger partial charge in [-0.25, -0.2) is 14.6 Å². The van der Waals surface area contributed by atoms with Crippen molar-refractivity contribution in [1.29, 1.82) is 0 Å². The molecule has 10 heteroatoms. The molecule has 0 bridgehead atoms. The maximum Gasteiger partial charge on any atom is 1.00 e. The number of hydrogen-bond donors (Lipinski definition) is 0. The summed E-state index contributed by atoms with van der Waals surface area (Å²) in [5, 5.41) is 0. The van der Waals surface area contributed by atoms with E-state index in [1.54, 1.807) is 0 Å². The SMILES string of the molecule is CCOC(=O)c1cc([B-](F)(F)F)cc(C(=O)OCC)n1.[K+]. The van der Waals surface area contributed by atoms with Crippen molar-refractivity contribution in [1.82, 2.24) is 4.98 Å². The first-order valence-electron chi connectivity index (χ1n) is 5.85. The zero-order valence-electron chi connectivity index (χ0n) is 11.9. The van der Waals surface area contributed by atoms with Crippen molar-refractivity contribution >= 4 is 24.4 Å². The number of ether oxygens (including phenoxy) is 2. The first-order valence-corrected chi connectivity index (χ1v) is 5.85. The molecule has 0 amide bonds. The van der Waals surface area contributed by atoms with Gasteiger partial charge in [-0.3, -0.25) is 0 Å². The van der Waals surface area contributed by atoms with Crippen LogP contribution in [-0.2, 0) is 9.47 Å². The fraction of sp³-hybridized carbons (Fsp3) is 0.364. The average Bonchev–Trinajstić information content (AvgIpc) is 2.37. The molecule has 0 aliphatic heterocycles. The quantitative estimate of drug-likeness (QED) is 0.486. The minimum absolute atomic E-state index is 0. The van der Waals surface area contributed by atoms with Gasteiger partial charge >= 0.3 is 70.3 Å². The molecule has 0 atom stereocenters. The van der Waals surface area contributed by atoms with E-state index < -0.39 is 35.8 Å². The number of halogens is 3. The van der Waals surface area contributed by atoms with E-state index in [0.717, 1.165) is 0 Å². The Kier molecular flexibility index (Phi) is 8.71. The van der Waals surface area contributed by atoms with Crippen molar-refractivity contribution in [3.05, 3.63) is 23.5 Å². The van der Waals surface area contributed by atoms with Crippen molar-refractivity contribution in [2.75, 3.05) is 13.2 Å². The molecule has 1 aromatic heterocycles. The van der Waals surface area contributed by atoms with Gasteiger partial charge in [0.2, 0.25) is 0 Å². The zero-order chi connectivity index (χ0) is 15.3. The van der Waals surface area contributed by atoms with Crippen molar-refractivity contribution < 1.29 is 83.4 Å². The normalized spacial score (nSPS) is 10.5. The Morgan fingerprint density at radius 2 is 1.43 bits per heavy atom. The fourth-order valence-corrected chi connectivity index (χ4v) is 1.36. The summed E-state index contributed by atoms with van der Waals surface area (Å²) in [5.41, 5.74) is -2.26. The van der Waals surface area contributed by atoms with Crippen molar-refractivity contribution in [3.8, 4) is 0 Å². The second-order valence-electron chi connectivity index (χ2n) is 3.69. The van der Waals surface area contributed by atoms with Gasteiger partial charge in [0, 0.05) is 0 Å². The summed E-state index contributed by atoms with van der Waals surface area (Å²) in [6, 6.07) is 1.11. The van der Waals surface area contributed by atoms with Gasteiger partial charge in [0.1, 0.15) is 11.4 Å². The summed E-state index contributed by atoms with van der Waals surface area (Å²) in [6.07, 6.45) is 0. The number of hydrogen-bond acceptors (Lipinski definition) is 5. The van der Waals surface area contributed by atoms with Gasteiger partial charge in [-0.05, 0) is 13.8 Å². The summed E-state index contributed by atoms with van der Waals surface area (Å²) in [6.45, 7) is -2.41. The molecule has 0 aromatic carbocycles. The molecule has 0 spiro atoms. The Balaban J connectivity index is 0.00000400. The molecular formula is C11H12BF3KNO4. The number of aromatic nitrogens is 1. The van der Waals surface area contributed by atoms with Crippen LogP contribution in [0.2, 0.25) is 0 Å². The van der Waals surface area contributed by atoms with Gasteiger partial charge < -0.3 is 22.4 Å². The van der Waals surface area contributed by atoms with E-state index in [1.807, 2.05) is 0 Å². The van der Waals surface area contributed by atoms with Crippen LogP contribution >= 0.6 is 0 Å². The van der Waals surface area contributed by atoms with E-state index in [9.17, 15) is 22.5 Å². The summed E-state index contributed by atoms with van der Waals surface area (Å²) in [7, 11) is 0. The first kappa shape index (κ1) is 20.6. The number of carbonyl (C=O) groups is 2. The molecule has 0 N–H and O–H groups in total. The molecule has 0 saturated heterocycles. The molecule has 0 fully saturated rings. The smallest absolute Gasteiger partial charge is 0.461 e. The fourth-order valence-electron chi connectivity index (χ4n) is 1.36. The molecule has 0 unspecified atom stereocenters. The van der Waals surface area contributed by atoms with Crippen molar-refractivity contribution in [2.45, 2.75) is 13.8 Å². The van der Waals surface area contributed by atoms with Crippen LogP contribution in [0.1, 0.15) is 34.8 Å². The number of rotatable bonds is 5. The van der Waals surface area contributed by atoms with Gasteiger partial charge in [0.15, 0.2) is 0 Å². The Morgan fingerprint density at radius 1 is 1.05 bits per heavy atom. The topological polar surface area (TPSA) is 65.5 Å². The van der Waals surface area contributed by atoms with E-state index in [-0.39, 0.29) is 64.6 Å². The van der Waals surface area contributed by atoms with Crippen LogP contribution < -0.4 is 56.8 Å². The third-order valence-corrected chi connectivity index (χ3v) is 2.19. The Labute approximate surface area is 162 Å². The largest absolute Gasteiger partial charge is 1.00 e. The minimum atomic E-state index is -5.38. The van der Waals surface area contributed by atoms with Crippen LogP contribution in [0.3, 0.4) is 0 Å². The van der Waals surface area contributed by atoms with Gasteiger partial charge in [-0.1, -0.05) is 12.1 Å². The molecule has 0 radical (unpaired) electrons. The maximum absolute atomic E-state index is 12.8. The molecular weight excluding hydrogens is 317 g/mol. The number of esters is 2. The van der Waals surface area contributed by atoms with Gasteiger partial charge in [-0.2, -0.15) is 0 Å². The van der Waals surface area contributed by atoms with Crippen molar-refractivity contribution in [3.63, 3.8) is 0 Å². The van der Waals surface area contributed by atoms with Crippen LogP contribution in [0.25, 0.3) is 0 Å². The second-order valence-corrected chi connectivity index (χ2v) is 3.69. The average molecular weight is 329 g/mol. The maximum atomic E-state index is 12.8. The molecule has 0 aliphatic rings. The molecule has 1 aromatic rings. The summed E-state index contributed by atoms with van der Waals surface area (Å²) in [4.78, 5) is 26.5. The van der Waals surface area contributed by atoms with E-state index >= 15 is 0 Å². The number of nitrogens with zero attached hydrogens (tertiary/aromatic N) is 1. The molecule has 1 heterocycles. The molecule has 110 valence electrons. The van der Waals surface area contributed by atoms with E-state index in [1.165, 1.54) is 13.8 Å². The Morgan fingerprint density at radius 3 is 1.71 bits per heavy atom. The Hall–Kier alpha value is -0.419. The molecule has 5 nitrogen and oxygen atoms in total. The molecule has 0 saturated carbocycles. The molecule has 0 aliphatic carbocycles. The van der Waals surface area contributed by atoms with E-state index in [2.05, 4.69) is 14.5 Å². The van der Waals surface area contributed by atoms with Crippen LogP contribution in [0.5, 0.6) is 0 Å². The monoisotopic (exact) mass is 329 g/mol. The third-order valence-electron chi connectivity index (χ3n) is 2.19. The molecule has 1 rings (SSSR count). The Bertz CT molecular complexity index is 488. The van der Waals surface area contributed by atoms with Crippen molar-refractivity contribution in [2.24, 2.45) is 0 Å². The zero-order valence-corrected chi connectivity index (χ0v) is 15.0. The summed E-state index contributed by atoms with van der Waals surface area (Å²) in [5.74, 6) is -2.06. The third kappa shape index (κ3) is 6.07. The summed E-state index contributed by atoms with van der Waals surface area (Å²) < 4.78 is 47.5. The van der Waals surface area contributed by atoms with Gasteiger partial charge in [0.05, 0.1) is 13.2 Å². The standard InChI is InChI=1S/C11H12BF3NO4.K/c1-3-19-10(17)8-5-7(12(13,14)15)6-9(16-8)11(18)20-4-2;/h5-6H,3-4H2,1-2H3;/q-1;+1. The predicted molar refractivity (Wildman–Crippen MR) is 64.9 cm³/mol. The number of carbonyl (C=O) groups excluding carboxylic acids is 2. The van der Waals surface area contributed by atoms with Crippen LogP contribution in [0.15, 0.2) is 12.1 Å². The number of pyridine rings is 1. The van der Waals surface area contributed by atoms with E-state index in [0.29, 0.717) is 12.1 Å². The van der Waals surface area contributed by atoms with E-state index in [4.69, 9.17) is 0 Å². The van der Waals surface area contributed by atoms with Crippen LogP contribution in [0.4, 0.5) is 12.9 Å². The van der Waals surface area contributed by atoms with Crippen LogP contribution in [0, 0.1) is 0 Å².